The maximum Gasteiger partial charge on any atom is 0.226 e. The van der Waals surface area contributed by atoms with Crippen LogP contribution in [0.15, 0.2) is 30.5 Å². The Hall–Kier alpha value is -2.27. The number of carbonyl (C=O) groups excluding carboxylic acids is 1. The normalized spacial score (nSPS) is 15.1. The van der Waals surface area contributed by atoms with Gasteiger partial charge in [0, 0.05) is 37.4 Å². The molecular weight excluding hydrogens is 338 g/mol. The molecule has 0 unspecified atom stereocenters. The minimum atomic E-state index is 0.219. The SMILES string of the molecule is CCOCc1cnc(C)nc1C1CCN(C(=O)Cc2ccccc2C)CC1. The van der Waals surface area contributed by atoms with E-state index in [0.717, 1.165) is 48.6 Å². The molecule has 0 radical (unpaired) electrons. The lowest BCUT2D eigenvalue weighted by atomic mass is 9.90. The zero-order valence-corrected chi connectivity index (χ0v) is 16.6. The summed E-state index contributed by atoms with van der Waals surface area (Å²) in [5.74, 6) is 1.38. The third-order valence-electron chi connectivity index (χ3n) is 5.32. The second-order valence-electron chi connectivity index (χ2n) is 7.22. The van der Waals surface area contributed by atoms with Crippen molar-refractivity contribution in [2.45, 2.75) is 52.6 Å². The maximum absolute atomic E-state index is 12.7. The van der Waals surface area contributed by atoms with E-state index in [1.165, 1.54) is 5.56 Å². The summed E-state index contributed by atoms with van der Waals surface area (Å²) in [7, 11) is 0. The summed E-state index contributed by atoms with van der Waals surface area (Å²) in [4.78, 5) is 23.7. The quantitative estimate of drug-likeness (QED) is 0.783. The lowest BCUT2D eigenvalue weighted by Crippen LogP contribution is -2.39. The van der Waals surface area contributed by atoms with Gasteiger partial charge in [0.25, 0.3) is 0 Å². The van der Waals surface area contributed by atoms with Gasteiger partial charge in [0.15, 0.2) is 0 Å². The van der Waals surface area contributed by atoms with E-state index in [1.54, 1.807) is 0 Å². The zero-order chi connectivity index (χ0) is 19.2. The lowest BCUT2D eigenvalue weighted by Gasteiger charge is -2.32. The number of aryl methyl sites for hydroxylation is 2. The van der Waals surface area contributed by atoms with E-state index in [9.17, 15) is 4.79 Å². The van der Waals surface area contributed by atoms with E-state index >= 15 is 0 Å². The van der Waals surface area contributed by atoms with Gasteiger partial charge in [-0.2, -0.15) is 0 Å². The maximum atomic E-state index is 12.7. The number of ether oxygens (including phenoxy) is 1. The van der Waals surface area contributed by atoms with Crippen molar-refractivity contribution in [1.29, 1.82) is 0 Å². The van der Waals surface area contributed by atoms with Gasteiger partial charge in [0.1, 0.15) is 5.82 Å². The number of aromatic nitrogens is 2. The molecule has 5 heteroatoms. The van der Waals surface area contributed by atoms with Gasteiger partial charge in [0.05, 0.1) is 18.7 Å². The molecule has 1 amide bonds. The van der Waals surface area contributed by atoms with Gasteiger partial charge in [-0.15, -0.1) is 0 Å². The van der Waals surface area contributed by atoms with Crippen molar-refractivity contribution in [1.82, 2.24) is 14.9 Å². The number of hydrogen-bond donors (Lipinski definition) is 0. The van der Waals surface area contributed by atoms with Gasteiger partial charge in [-0.3, -0.25) is 4.79 Å². The van der Waals surface area contributed by atoms with Crippen molar-refractivity contribution in [3.05, 3.63) is 58.7 Å². The molecule has 0 aliphatic carbocycles. The molecule has 3 rings (SSSR count). The average molecular weight is 367 g/mol. The highest BCUT2D eigenvalue weighted by Gasteiger charge is 2.26. The topological polar surface area (TPSA) is 55.3 Å². The van der Waals surface area contributed by atoms with Crippen molar-refractivity contribution in [3.63, 3.8) is 0 Å². The second-order valence-corrected chi connectivity index (χ2v) is 7.22. The first-order valence-corrected chi connectivity index (χ1v) is 9.81. The van der Waals surface area contributed by atoms with E-state index in [1.807, 2.05) is 43.1 Å². The van der Waals surface area contributed by atoms with Crippen LogP contribution in [0.2, 0.25) is 0 Å². The summed E-state index contributed by atoms with van der Waals surface area (Å²) in [5, 5.41) is 0. The first kappa shape index (κ1) is 19.5. The third kappa shape index (κ3) is 4.92. The van der Waals surface area contributed by atoms with E-state index in [4.69, 9.17) is 9.72 Å². The van der Waals surface area contributed by atoms with Crippen molar-refractivity contribution in [2.75, 3.05) is 19.7 Å². The second kappa shape index (κ2) is 9.09. The molecule has 1 aromatic carbocycles. The molecule has 1 aliphatic heterocycles. The highest BCUT2D eigenvalue weighted by Crippen LogP contribution is 2.29. The molecule has 144 valence electrons. The number of rotatable bonds is 6. The Labute approximate surface area is 161 Å². The van der Waals surface area contributed by atoms with Gasteiger partial charge >= 0.3 is 0 Å². The fraction of sp³-hybridized carbons (Fsp3) is 0.500. The number of amides is 1. The summed E-state index contributed by atoms with van der Waals surface area (Å²) >= 11 is 0. The van der Waals surface area contributed by atoms with Crippen LogP contribution in [0.3, 0.4) is 0 Å². The Morgan fingerprint density at radius 3 is 2.63 bits per heavy atom. The zero-order valence-electron chi connectivity index (χ0n) is 16.6. The summed E-state index contributed by atoms with van der Waals surface area (Å²) in [6, 6.07) is 8.12. The number of likely N-dealkylation sites (tertiary alicyclic amines) is 1. The van der Waals surface area contributed by atoms with Crippen LogP contribution in [-0.4, -0.2) is 40.5 Å². The molecule has 1 aliphatic rings. The highest BCUT2D eigenvalue weighted by atomic mass is 16.5. The summed E-state index contributed by atoms with van der Waals surface area (Å²) in [6.07, 6.45) is 4.26. The van der Waals surface area contributed by atoms with Gasteiger partial charge in [0.2, 0.25) is 5.91 Å². The van der Waals surface area contributed by atoms with Crippen molar-refractivity contribution < 1.29 is 9.53 Å². The molecule has 0 atom stereocenters. The number of hydrogen-bond acceptors (Lipinski definition) is 4. The van der Waals surface area contributed by atoms with Crippen molar-refractivity contribution in [2.24, 2.45) is 0 Å². The molecule has 0 N–H and O–H groups in total. The highest BCUT2D eigenvalue weighted by molar-refractivity contribution is 5.79. The Morgan fingerprint density at radius 2 is 1.93 bits per heavy atom. The fourth-order valence-corrected chi connectivity index (χ4v) is 3.67. The van der Waals surface area contributed by atoms with Gasteiger partial charge < -0.3 is 9.64 Å². The monoisotopic (exact) mass is 367 g/mol. The van der Waals surface area contributed by atoms with E-state index < -0.39 is 0 Å². The Kier molecular flexibility index (Phi) is 6.56. The lowest BCUT2D eigenvalue weighted by molar-refractivity contribution is -0.131. The minimum Gasteiger partial charge on any atom is -0.377 e. The molecule has 0 spiro atoms. The first-order valence-electron chi connectivity index (χ1n) is 9.81. The van der Waals surface area contributed by atoms with Gasteiger partial charge in [-0.1, -0.05) is 24.3 Å². The minimum absolute atomic E-state index is 0.219. The standard InChI is InChI=1S/C22H29N3O2/c1-4-27-15-20-14-23-17(3)24-22(20)18-9-11-25(12-10-18)21(26)13-19-8-6-5-7-16(19)2/h5-8,14,18H,4,9-13,15H2,1-3H3. The van der Waals surface area contributed by atoms with Crippen LogP contribution in [0.4, 0.5) is 0 Å². The Bertz CT molecular complexity index is 783. The summed E-state index contributed by atoms with van der Waals surface area (Å²) in [6.45, 7) is 8.78. The largest absolute Gasteiger partial charge is 0.377 e. The van der Waals surface area contributed by atoms with Crippen LogP contribution >= 0.6 is 0 Å². The molecule has 1 aromatic heterocycles. The van der Waals surface area contributed by atoms with Gasteiger partial charge in [-0.25, -0.2) is 9.97 Å². The number of benzene rings is 1. The molecule has 2 aromatic rings. The van der Waals surface area contributed by atoms with Gasteiger partial charge in [-0.05, 0) is 44.7 Å². The molecule has 2 heterocycles. The third-order valence-corrected chi connectivity index (χ3v) is 5.32. The smallest absolute Gasteiger partial charge is 0.226 e. The Morgan fingerprint density at radius 1 is 1.19 bits per heavy atom. The predicted octanol–water partition coefficient (Wildman–Crippen LogP) is 3.58. The van der Waals surface area contributed by atoms with Crippen LogP contribution < -0.4 is 0 Å². The predicted molar refractivity (Wildman–Crippen MR) is 106 cm³/mol. The van der Waals surface area contributed by atoms with Crippen molar-refractivity contribution in [3.8, 4) is 0 Å². The van der Waals surface area contributed by atoms with Crippen LogP contribution in [0.25, 0.3) is 0 Å². The summed E-state index contributed by atoms with van der Waals surface area (Å²) < 4.78 is 5.58. The molecule has 0 saturated carbocycles. The van der Waals surface area contributed by atoms with Crippen LogP contribution in [0, 0.1) is 13.8 Å². The molecule has 5 nitrogen and oxygen atoms in total. The van der Waals surface area contributed by atoms with Crippen LogP contribution in [-0.2, 0) is 22.6 Å². The molecule has 1 saturated heterocycles. The molecule has 0 bridgehead atoms. The number of carbonyl (C=O) groups is 1. The summed E-state index contributed by atoms with van der Waals surface area (Å²) in [5.41, 5.74) is 4.47. The van der Waals surface area contributed by atoms with Crippen molar-refractivity contribution >= 4 is 5.91 Å². The fourth-order valence-electron chi connectivity index (χ4n) is 3.67. The molecule has 27 heavy (non-hydrogen) atoms. The van der Waals surface area contributed by atoms with E-state index in [0.29, 0.717) is 25.6 Å². The van der Waals surface area contributed by atoms with Crippen LogP contribution in [0.1, 0.15) is 53.9 Å². The molecule has 1 fully saturated rings. The molecular formula is C22H29N3O2. The van der Waals surface area contributed by atoms with E-state index in [-0.39, 0.29) is 5.91 Å². The van der Waals surface area contributed by atoms with E-state index in [2.05, 4.69) is 18.0 Å². The Balaban J connectivity index is 1.63. The van der Waals surface area contributed by atoms with Crippen LogP contribution in [0.5, 0.6) is 0 Å². The average Bonchev–Trinajstić information content (AvgIpc) is 2.69. The number of nitrogens with zero attached hydrogens (tertiary/aromatic N) is 3. The first-order chi connectivity index (χ1) is 13.1. The number of piperidine rings is 1.